The maximum atomic E-state index is 9.68. The van der Waals surface area contributed by atoms with E-state index < -0.39 is 0 Å². The molecule has 1 aromatic carbocycles. The second-order valence-corrected chi connectivity index (χ2v) is 6.64. The van der Waals surface area contributed by atoms with Crippen molar-refractivity contribution in [2.75, 3.05) is 18.0 Å². The zero-order valence-electron chi connectivity index (χ0n) is 12.1. The topological polar surface area (TPSA) is 49.2 Å². The van der Waals surface area contributed by atoms with Gasteiger partial charge in [-0.25, -0.2) is 9.97 Å². The normalized spacial score (nSPS) is 16.3. The second-order valence-electron chi connectivity index (χ2n) is 5.61. The summed E-state index contributed by atoms with van der Waals surface area (Å²) in [5.41, 5.74) is 1.21. The molecule has 1 aliphatic rings. The number of nitrogens with zero attached hydrogens (tertiary/aromatic N) is 3. The molecule has 0 amide bonds. The van der Waals surface area contributed by atoms with Gasteiger partial charge < -0.3 is 10.0 Å². The van der Waals surface area contributed by atoms with Crippen LogP contribution >= 0.6 is 11.3 Å². The van der Waals surface area contributed by atoms with E-state index in [0.717, 1.165) is 42.0 Å². The van der Waals surface area contributed by atoms with E-state index in [9.17, 15) is 5.11 Å². The summed E-state index contributed by atoms with van der Waals surface area (Å²) < 4.78 is 0. The number of aliphatic hydroxyl groups is 1. The van der Waals surface area contributed by atoms with Crippen LogP contribution in [0.15, 0.2) is 42.7 Å². The molecule has 1 fully saturated rings. The van der Waals surface area contributed by atoms with Crippen LogP contribution in [0.5, 0.6) is 0 Å². The van der Waals surface area contributed by atoms with Gasteiger partial charge in [0.15, 0.2) is 0 Å². The van der Waals surface area contributed by atoms with Gasteiger partial charge in [0.25, 0.3) is 0 Å². The highest BCUT2D eigenvalue weighted by molar-refractivity contribution is 7.21. The van der Waals surface area contributed by atoms with Gasteiger partial charge in [-0.3, -0.25) is 0 Å². The molecule has 3 heterocycles. The molecule has 112 valence electrons. The predicted octanol–water partition coefficient (Wildman–Crippen LogP) is 3.32. The molecule has 0 radical (unpaired) electrons. The van der Waals surface area contributed by atoms with Gasteiger partial charge in [-0.1, -0.05) is 30.3 Å². The van der Waals surface area contributed by atoms with Gasteiger partial charge >= 0.3 is 0 Å². The number of anilines is 1. The Balaban J connectivity index is 1.75. The van der Waals surface area contributed by atoms with Gasteiger partial charge in [-0.15, -0.1) is 11.3 Å². The highest BCUT2D eigenvalue weighted by Crippen LogP contribution is 2.36. The van der Waals surface area contributed by atoms with Gasteiger partial charge in [0.05, 0.1) is 11.5 Å². The van der Waals surface area contributed by atoms with Crippen molar-refractivity contribution < 1.29 is 5.11 Å². The number of thiophene rings is 1. The summed E-state index contributed by atoms with van der Waals surface area (Å²) in [6, 6.07) is 12.6. The molecular formula is C17H17N3OS. The molecule has 1 N–H and O–H groups in total. The van der Waals surface area contributed by atoms with E-state index >= 15 is 0 Å². The first-order valence-corrected chi connectivity index (χ1v) is 8.36. The Morgan fingerprint density at radius 1 is 1.09 bits per heavy atom. The molecule has 4 rings (SSSR count). The number of fused-ring (bicyclic) bond motifs is 1. The zero-order chi connectivity index (χ0) is 14.9. The van der Waals surface area contributed by atoms with Gasteiger partial charge in [-0.05, 0) is 24.5 Å². The van der Waals surface area contributed by atoms with E-state index in [1.54, 1.807) is 17.7 Å². The van der Waals surface area contributed by atoms with Gasteiger partial charge in [-0.2, -0.15) is 0 Å². The van der Waals surface area contributed by atoms with E-state index in [4.69, 9.17) is 0 Å². The maximum absolute atomic E-state index is 9.68. The molecule has 0 atom stereocenters. The van der Waals surface area contributed by atoms with Crippen LogP contribution in [0.2, 0.25) is 0 Å². The molecule has 22 heavy (non-hydrogen) atoms. The van der Waals surface area contributed by atoms with Gasteiger partial charge in [0.2, 0.25) is 0 Å². The van der Waals surface area contributed by atoms with Crippen LogP contribution in [0.4, 0.5) is 5.82 Å². The predicted molar refractivity (Wildman–Crippen MR) is 90.3 cm³/mol. The number of piperidine rings is 1. The Morgan fingerprint density at radius 2 is 1.86 bits per heavy atom. The maximum Gasteiger partial charge on any atom is 0.140 e. The first kappa shape index (κ1) is 13.7. The summed E-state index contributed by atoms with van der Waals surface area (Å²) in [5, 5.41) is 10.8. The third kappa shape index (κ3) is 2.46. The Hall–Kier alpha value is -1.98. The number of hydrogen-bond acceptors (Lipinski definition) is 5. The van der Waals surface area contributed by atoms with Crippen LogP contribution in [0.25, 0.3) is 20.7 Å². The third-order valence-corrected chi connectivity index (χ3v) is 5.22. The molecule has 0 unspecified atom stereocenters. The molecule has 1 aliphatic heterocycles. The van der Waals surface area contributed by atoms with Crippen LogP contribution in [0.3, 0.4) is 0 Å². The summed E-state index contributed by atoms with van der Waals surface area (Å²) in [4.78, 5) is 13.4. The SMILES string of the molecule is OC1CCN(c2ncnc3sc(-c4ccccc4)cc23)CC1. The summed E-state index contributed by atoms with van der Waals surface area (Å²) >= 11 is 1.70. The Bertz CT molecular complexity index is 779. The molecule has 0 aliphatic carbocycles. The lowest BCUT2D eigenvalue weighted by Crippen LogP contribution is -2.36. The summed E-state index contributed by atoms with van der Waals surface area (Å²) in [5.74, 6) is 0.996. The molecular weight excluding hydrogens is 294 g/mol. The van der Waals surface area contributed by atoms with Gasteiger partial charge in [0, 0.05) is 18.0 Å². The lowest BCUT2D eigenvalue weighted by molar-refractivity contribution is 0.145. The van der Waals surface area contributed by atoms with Crippen molar-refractivity contribution in [2.24, 2.45) is 0 Å². The fraction of sp³-hybridized carbons (Fsp3) is 0.294. The monoisotopic (exact) mass is 311 g/mol. The van der Waals surface area contributed by atoms with E-state index in [2.05, 4.69) is 45.2 Å². The molecule has 3 aromatic rings. The van der Waals surface area contributed by atoms with Crippen molar-refractivity contribution >= 4 is 27.4 Å². The second kappa shape index (κ2) is 5.66. The Morgan fingerprint density at radius 3 is 2.64 bits per heavy atom. The molecule has 4 nitrogen and oxygen atoms in total. The highest BCUT2D eigenvalue weighted by atomic mass is 32.1. The first-order valence-electron chi connectivity index (χ1n) is 7.54. The van der Waals surface area contributed by atoms with E-state index in [1.165, 1.54) is 10.4 Å². The van der Waals surface area contributed by atoms with E-state index in [1.807, 2.05) is 6.07 Å². The van der Waals surface area contributed by atoms with E-state index in [-0.39, 0.29) is 6.10 Å². The molecule has 5 heteroatoms. The fourth-order valence-electron chi connectivity index (χ4n) is 2.92. The summed E-state index contributed by atoms with van der Waals surface area (Å²) in [7, 11) is 0. The largest absolute Gasteiger partial charge is 0.393 e. The fourth-order valence-corrected chi connectivity index (χ4v) is 3.92. The van der Waals surface area contributed by atoms with Crippen molar-refractivity contribution in [1.82, 2.24) is 9.97 Å². The Kier molecular flexibility index (Phi) is 3.52. The number of aliphatic hydroxyl groups excluding tert-OH is 1. The average Bonchev–Trinajstić information content (AvgIpc) is 3.01. The molecule has 1 saturated heterocycles. The van der Waals surface area contributed by atoms with Crippen LogP contribution in [0, 0.1) is 0 Å². The van der Waals surface area contributed by atoms with Gasteiger partial charge in [0.1, 0.15) is 17.0 Å². The molecule has 2 aromatic heterocycles. The van der Waals surface area contributed by atoms with Crippen molar-refractivity contribution in [3.05, 3.63) is 42.7 Å². The third-order valence-electron chi connectivity index (χ3n) is 4.13. The number of rotatable bonds is 2. The molecule has 0 saturated carbocycles. The van der Waals surface area contributed by atoms with Crippen molar-refractivity contribution in [3.63, 3.8) is 0 Å². The standard InChI is InChI=1S/C17H17N3OS/c21-13-6-8-20(9-7-13)16-14-10-15(12-4-2-1-3-5-12)22-17(14)19-11-18-16/h1-5,10-11,13,21H,6-9H2. The smallest absolute Gasteiger partial charge is 0.140 e. The van der Waals surface area contributed by atoms with E-state index in [0.29, 0.717) is 0 Å². The number of benzene rings is 1. The lowest BCUT2D eigenvalue weighted by Gasteiger charge is -2.30. The highest BCUT2D eigenvalue weighted by Gasteiger charge is 2.21. The summed E-state index contributed by atoms with van der Waals surface area (Å²) in [6.07, 6.45) is 3.09. The number of aromatic nitrogens is 2. The van der Waals surface area contributed by atoms with Crippen LogP contribution in [-0.4, -0.2) is 34.3 Å². The molecule has 0 bridgehead atoms. The molecule has 0 spiro atoms. The quantitative estimate of drug-likeness (QED) is 0.789. The van der Waals surface area contributed by atoms with Crippen molar-refractivity contribution in [3.8, 4) is 10.4 Å². The average molecular weight is 311 g/mol. The minimum absolute atomic E-state index is 0.170. The number of hydrogen-bond donors (Lipinski definition) is 1. The minimum Gasteiger partial charge on any atom is -0.393 e. The minimum atomic E-state index is -0.170. The van der Waals surface area contributed by atoms with Crippen molar-refractivity contribution in [1.29, 1.82) is 0 Å². The lowest BCUT2D eigenvalue weighted by atomic mass is 10.1. The van der Waals surface area contributed by atoms with Crippen LogP contribution < -0.4 is 4.90 Å². The zero-order valence-corrected chi connectivity index (χ0v) is 13.0. The van der Waals surface area contributed by atoms with Crippen LogP contribution in [-0.2, 0) is 0 Å². The van der Waals surface area contributed by atoms with Crippen LogP contribution in [0.1, 0.15) is 12.8 Å². The first-order chi connectivity index (χ1) is 10.8. The van der Waals surface area contributed by atoms with Crippen molar-refractivity contribution in [2.45, 2.75) is 18.9 Å². The summed E-state index contributed by atoms with van der Waals surface area (Å²) in [6.45, 7) is 1.70. The Labute approximate surface area is 133 Å².